The summed E-state index contributed by atoms with van der Waals surface area (Å²) in [6.07, 6.45) is 6.74. The van der Waals surface area contributed by atoms with Crippen molar-refractivity contribution < 1.29 is 14.3 Å². The zero-order valence-corrected chi connectivity index (χ0v) is 17.6. The number of aryl methyl sites for hydroxylation is 1. The summed E-state index contributed by atoms with van der Waals surface area (Å²) in [7, 11) is 1.61. The Morgan fingerprint density at radius 1 is 0.969 bits per heavy atom. The zero-order chi connectivity index (χ0) is 22.3. The summed E-state index contributed by atoms with van der Waals surface area (Å²) in [6.45, 7) is 1.89. The minimum absolute atomic E-state index is 0.231. The molecule has 0 atom stereocenters. The smallest absolute Gasteiger partial charge is 0.248 e. The Hall–Kier alpha value is -4.46. The molecule has 0 aliphatic carbocycles. The Balaban J connectivity index is 1.33. The van der Waals surface area contributed by atoms with Gasteiger partial charge in [-0.3, -0.25) is 9.36 Å². The Kier molecular flexibility index (Phi) is 6.22. The number of hydrogen-bond acceptors (Lipinski definition) is 6. The highest BCUT2D eigenvalue weighted by Gasteiger charge is 2.05. The van der Waals surface area contributed by atoms with E-state index in [1.807, 2.05) is 42.0 Å². The number of benzene rings is 2. The summed E-state index contributed by atoms with van der Waals surface area (Å²) in [6, 6.07) is 18.0. The van der Waals surface area contributed by atoms with E-state index in [0.29, 0.717) is 23.1 Å². The van der Waals surface area contributed by atoms with Crippen molar-refractivity contribution in [2.24, 2.45) is 0 Å². The molecule has 0 aliphatic rings. The molecular formula is C24H21N5O3. The van der Waals surface area contributed by atoms with E-state index in [2.05, 4.69) is 20.5 Å². The van der Waals surface area contributed by atoms with Crippen LogP contribution in [0, 0.1) is 6.92 Å². The van der Waals surface area contributed by atoms with Crippen molar-refractivity contribution >= 4 is 17.7 Å². The van der Waals surface area contributed by atoms with E-state index in [9.17, 15) is 4.79 Å². The predicted molar refractivity (Wildman–Crippen MR) is 121 cm³/mol. The lowest BCUT2D eigenvalue weighted by Gasteiger charge is -2.07. The van der Waals surface area contributed by atoms with E-state index >= 15 is 0 Å². The largest absolute Gasteiger partial charge is 0.497 e. The van der Waals surface area contributed by atoms with Crippen LogP contribution in [0.15, 0.2) is 79.1 Å². The number of aromatic nitrogens is 4. The first-order chi connectivity index (χ1) is 15.6. The molecule has 0 radical (unpaired) electrons. The lowest BCUT2D eigenvalue weighted by atomic mass is 10.2. The fraction of sp³-hybridized carbons (Fsp3) is 0.0833. The van der Waals surface area contributed by atoms with Gasteiger partial charge in [-0.2, -0.15) is 0 Å². The third-order valence-corrected chi connectivity index (χ3v) is 4.59. The van der Waals surface area contributed by atoms with Crippen molar-refractivity contribution in [3.05, 3.63) is 90.5 Å². The molecule has 160 valence electrons. The number of carbonyl (C=O) groups excluding carboxylic acids is 1. The van der Waals surface area contributed by atoms with Gasteiger partial charge >= 0.3 is 0 Å². The average molecular weight is 427 g/mol. The number of nitrogens with one attached hydrogen (secondary N) is 1. The van der Waals surface area contributed by atoms with E-state index in [0.717, 1.165) is 17.1 Å². The summed E-state index contributed by atoms with van der Waals surface area (Å²) >= 11 is 0. The van der Waals surface area contributed by atoms with Gasteiger partial charge in [0.05, 0.1) is 7.11 Å². The number of methoxy groups -OCH3 is 1. The molecule has 1 amide bonds. The van der Waals surface area contributed by atoms with Crippen LogP contribution < -0.4 is 14.8 Å². The maximum Gasteiger partial charge on any atom is 0.248 e. The van der Waals surface area contributed by atoms with Gasteiger partial charge < -0.3 is 14.8 Å². The van der Waals surface area contributed by atoms with Crippen LogP contribution in [0.2, 0.25) is 0 Å². The lowest BCUT2D eigenvalue weighted by Crippen LogP contribution is -2.07. The first-order valence-electron chi connectivity index (χ1n) is 9.86. The van der Waals surface area contributed by atoms with E-state index < -0.39 is 0 Å². The van der Waals surface area contributed by atoms with Gasteiger partial charge in [-0.15, -0.1) is 10.2 Å². The van der Waals surface area contributed by atoms with Gasteiger partial charge in [0.15, 0.2) is 5.82 Å². The molecule has 2 aromatic heterocycles. The highest BCUT2D eigenvalue weighted by atomic mass is 16.5. The zero-order valence-electron chi connectivity index (χ0n) is 17.6. The standard InChI is InChI=1S/C24H21N5O3/c1-17-25-15-16-29(17)22-12-14-24(28-27-22)32-21-10-6-19(7-11-21)26-23(30)13-5-18-3-8-20(31-2)9-4-18/h3-16H,1-2H3,(H,26,30)/b13-5+. The Morgan fingerprint density at radius 3 is 2.34 bits per heavy atom. The first kappa shape index (κ1) is 20.8. The number of rotatable bonds is 7. The Bertz CT molecular complexity index is 1210. The van der Waals surface area contributed by atoms with Crippen molar-refractivity contribution in [3.8, 4) is 23.2 Å². The SMILES string of the molecule is COc1ccc(/C=C/C(=O)Nc2ccc(Oc3ccc(-n4ccnc4C)nn3)cc2)cc1. The Morgan fingerprint density at radius 2 is 1.72 bits per heavy atom. The molecule has 2 heterocycles. The number of imidazole rings is 1. The number of nitrogens with zero attached hydrogens (tertiary/aromatic N) is 4. The quantitative estimate of drug-likeness (QED) is 0.439. The minimum Gasteiger partial charge on any atom is -0.497 e. The number of anilines is 1. The molecule has 0 saturated heterocycles. The number of ether oxygens (including phenoxy) is 2. The van der Waals surface area contributed by atoms with Gasteiger partial charge in [0.1, 0.15) is 17.3 Å². The third-order valence-electron chi connectivity index (χ3n) is 4.59. The molecule has 0 spiro atoms. The van der Waals surface area contributed by atoms with Crippen LogP contribution in [0.5, 0.6) is 17.4 Å². The first-order valence-corrected chi connectivity index (χ1v) is 9.86. The van der Waals surface area contributed by atoms with Crippen LogP contribution >= 0.6 is 0 Å². The normalized spacial score (nSPS) is 10.8. The molecule has 0 fully saturated rings. The van der Waals surface area contributed by atoms with Crippen molar-refractivity contribution in [3.63, 3.8) is 0 Å². The van der Waals surface area contributed by atoms with E-state index in [4.69, 9.17) is 9.47 Å². The molecule has 32 heavy (non-hydrogen) atoms. The summed E-state index contributed by atoms with van der Waals surface area (Å²) < 4.78 is 12.7. The molecule has 4 rings (SSSR count). The highest BCUT2D eigenvalue weighted by Crippen LogP contribution is 2.22. The summed E-state index contributed by atoms with van der Waals surface area (Å²) in [5, 5.41) is 11.1. The van der Waals surface area contributed by atoms with Gasteiger partial charge in [0, 0.05) is 30.2 Å². The van der Waals surface area contributed by atoms with Crippen LogP contribution in [0.4, 0.5) is 5.69 Å². The van der Waals surface area contributed by atoms with Crippen LogP contribution in [0.3, 0.4) is 0 Å². The topological polar surface area (TPSA) is 91.2 Å². The summed E-state index contributed by atoms with van der Waals surface area (Å²) in [5.41, 5.74) is 1.55. The molecule has 0 bridgehead atoms. The van der Waals surface area contributed by atoms with Crippen LogP contribution in [0.1, 0.15) is 11.4 Å². The van der Waals surface area contributed by atoms with Gasteiger partial charge in [0.25, 0.3) is 0 Å². The van der Waals surface area contributed by atoms with Crippen LogP contribution in [0.25, 0.3) is 11.9 Å². The molecule has 4 aromatic rings. The number of amides is 1. The monoisotopic (exact) mass is 427 g/mol. The Labute approximate surface area is 185 Å². The van der Waals surface area contributed by atoms with Gasteiger partial charge in [-0.25, -0.2) is 4.98 Å². The van der Waals surface area contributed by atoms with Gasteiger partial charge in [-0.1, -0.05) is 12.1 Å². The second kappa shape index (κ2) is 9.57. The molecule has 2 aromatic carbocycles. The molecule has 0 aliphatic heterocycles. The highest BCUT2D eigenvalue weighted by molar-refractivity contribution is 6.01. The van der Waals surface area contributed by atoms with E-state index in [-0.39, 0.29) is 5.91 Å². The molecule has 0 unspecified atom stereocenters. The average Bonchev–Trinajstić information content (AvgIpc) is 3.25. The van der Waals surface area contributed by atoms with Crippen molar-refractivity contribution in [2.75, 3.05) is 12.4 Å². The maximum absolute atomic E-state index is 12.2. The fourth-order valence-corrected chi connectivity index (χ4v) is 2.91. The second-order valence-electron chi connectivity index (χ2n) is 6.80. The fourth-order valence-electron chi connectivity index (χ4n) is 2.91. The van der Waals surface area contributed by atoms with Crippen LogP contribution in [-0.4, -0.2) is 32.8 Å². The van der Waals surface area contributed by atoms with Crippen molar-refractivity contribution in [2.45, 2.75) is 6.92 Å². The molecule has 8 nitrogen and oxygen atoms in total. The minimum atomic E-state index is -0.231. The summed E-state index contributed by atoms with van der Waals surface area (Å²) in [4.78, 5) is 16.3. The van der Waals surface area contributed by atoms with E-state index in [1.54, 1.807) is 55.8 Å². The maximum atomic E-state index is 12.2. The molecular weight excluding hydrogens is 406 g/mol. The number of carbonyl (C=O) groups is 1. The predicted octanol–water partition coefficient (Wildman–Crippen LogP) is 4.42. The lowest BCUT2D eigenvalue weighted by molar-refractivity contribution is -0.111. The van der Waals surface area contributed by atoms with E-state index in [1.165, 1.54) is 6.08 Å². The third kappa shape index (κ3) is 5.17. The molecule has 0 saturated carbocycles. The summed E-state index contributed by atoms with van der Waals surface area (Å²) in [5.74, 6) is 2.97. The van der Waals surface area contributed by atoms with Crippen molar-refractivity contribution in [1.29, 1.82) is 0 Å². The van der Waals surface area contributed by atoms with Crippen LogP contribution in [-0.2, 0) is 4.79 Å². The molecule has 8 heteroatoms. The van der Waals surface area contributed by atoms with Gasteiger partial charge in [0.2, 0.25) is 11.8 Å². The number of hydrogen-bond donors (Lipinski definition) is 1. The van der Waals surface area contributed by atoms with Gasteiger partial charge in [-0.05, 0) is 61.0 Å². The molecule has 1 N–H and O–H groups in total. The second-order valence-corrected chi connectivity index (χ2v) is 6.80. The van der Waals surface area contributed by atoms with Crippen molar-refractivity contribution in [1.82, 2.24) is 19.7 Å².